The number of halogens is 1. The van der Waals surface area contributed by atoms with E-state index in [4.69, 9.17) is 21.7 Å². The van der Waals surface area contributed by atoms with Gasteiger partial charge in [-0.15, -0.1) is 0 Å². The van der Waals surface area contributed by atoms with Gasteiger partial charge in [-0.2, -0.15) is 5.26 Å². The van der Waals surface area contributed by atoms with Gasteiger partial charge in [-0.3, -0.25) is 10.3 Å². The van der Waals surface area contributed by atoms with Gasteiger partial charge in [0.1, 0.15) is 0 Å². The summed E-state index contributed by atoms with van der Waals surface area (Å²) in [5.74, 6) is 0.124. The third kappa shape index (κ3) is 3.76. The zero-order valence-electron chi connectivity index (χ0n) is 10.8. The monoisotopic (exact) mass is 264 g/mol. The van der Waals surface area contributed by atoms with E-state index in [0.29, 0.717) is 11.4 Å². The van der Waals surface area contributed by atoms with Crippen molar-refractivity contribution in [1.29, 1.82) is 5.26 Å². The van der Waals surface area contributed by atoms with Gasteiger partial charge >= 0.3 is 0 Å². The quantitative estimate of drug-likeness (QED) is 0.824. The zero-order valence-corrected chi connectivity index (χ0v) is 11.6. The molecule has 0 aliphatic rings. The molecular formula is C14H17ClN2O. The Kier molecular flexibility index (Phi) is 5.70. The summed E-state index contributed by atoms with van der Waals surface area (Å²) in [6.07, 6.45) is 0.459. The van der Waals surface area contributed by atoms with E-state index in [2.05, 4.69) is 11.5 Å². The Labute approximate surface area is 113 Å². The van der Waals surface area contributed by atoms with Gasteiger partial charge < -0.3 is 0 Å². The van der Waals surface area contributed by atoms with E-state index in [1.165, 1.54) is 0 Å². The second kappa shape index (κ2) is 7.05. The fraction of sp³-hybridized carbons (Fsp3) is 0.357. The molecule has 0 fully saturated rings. The number of hydrogen-bond donors (Lipinski definition) is 1. The molecule has 1 N–H and O–H groups in total. The molecule has 1 aromatic carbocycles. The second-order valence-corrected chi connectivity index (χ2v) is 4.55. The largest absolute Gasteiger partial charge is 0.280 e. The van der Waals surface area contributed by atoms with Gasteiger partial charge in [0.25, 0.3) is 0 Å². The fourth-order valence-electron chi connectivity index (χ4n) is 1.95. The van der Waals surface area contributed by atoms with E-state index < -0.39 is 0 Å². The van der Waals surface area contributed by atoms with Crippen molar-refractivity contribution in [1.82, 2.24) is 5.48 Å². The average Bonchev–Trinajstić information content (AvgIpc) is 2.33. The van der Waals surface area contributed by atoms with Crippen molar-refractivity contribution in [3.63, 3.8) is 0 Å². The first-order valence-corrected chi connectivity index (χ1v) is 6.10. The minimum Gasteiger partial charge on any atom is -0.280 e. The maximum absolute atomic E-state index is 8.84. The Morgan fingerprint density at radius 1 is 1.44 bits per heavy atom. The summed E-state index contributed by atoms with van der Waals surface area (Å²) in [6.45, 7) is 3.95. The molecule has 0 heterocycles. The van der Waals surface area contributed by atoms with Crippen molar-refractivity contribution < 1.29 is 4.84 Å². The highest BCUT2D eigenvalue weighted by Gasteiger charge is 2.14. The van der Waals surface area contributed by atoms with Crippen LogP contribution in [0, 0.1) is 17.2 Å². The molecule has 1 atom stereocenters. The molecule has 0 aliphatic carbocycles. The first-order chi connectivity index (χ1) is 8.60. The third-order valence-electron chi connectivity index (χ3n) is 2.70. The molecule has 0 bridgehead atoms. The molecule has 3 nitrogen and oxygen atoms in total. The van der Waals surface area contributed by atoms with Crippen LogP contribution in [0.25, 0.3) is 5.57 Å². The van der Waals surface area contributed by atoms with Crippen LogP contribution in [0.1, 0.15) is 25.8 Å². The molecule has 1 rings (SSSR count). The molecule has 1 unspecified atom stereocenters. The van der Waals surface area contributed by atoms with Crippen molar-refractivity contribution in [3.8, 4) is 6.07 Å². The summed E-state index contributed by atoms with van der Waals surface area (Å²) in [4.78, 5) is 4.94. The average molecular weight is 265 g/mol. The van der Waals surface area contributed by atoms with Gasteiger partial charge in [0.05, 0.1) is 13.2 Å². The third-order valence-corrected chi connectivity index (χ3v) is 2.96. The number of hydroxylamine groups is 1. The smallest absolute Gasteiger partial charge is 0.0636 e. The minimum absolute atomic E-state index is 0.124. The maximum atomic E-state index is 8.84. The molecule has 0 spiro atoms. The predicted molar refractivity (Wildman–Crippen MR) is 73.6 cm³/mol. The summed E-state index contributed by atoms with van der Waals surface area (Å²) in [7, 11) is 1.57. The Balaban J connectivity index is 3.16. The highest BCUT2D eigenvalue weighted by atomic mass is 35.5. The summed E-state index contributed by atoms with van der Waals surface area (Å²) in [5, 5.41) is 9.54. The highest BCUT2D eigenvalue weighted by Crippen LogP contribution is 2.29. The molecule has 0 radical (unpaired) electrons. The molecule has 0 amide bonds. The van der Waals surface area contributed by atoms with Crippen LogP contribution in [0.4, 0.5) is 0 Å². The highest BCUT2D eigenvalue weighted by molar-refractivity contribution is 6.30. The van der Waals surface area contributed by atoms with Crippen LogP contribution < -0.4 is 5.48 Å². The van der Waals surface area contributed by atoms with E-state index in [-0.39, 0.29) is 5.92 Å². The number of nitriles is 1. The fourth-order valence-corrected chi connectivity index (χ4v) is 2.07. The van der Waals surface area contributed by atoms with E-state index >= 15 is 0 Å². The van der Waals surface area contributed by atoms with E-state index in [9.17, 15) is 0 Å². The van der Waals surface area contributed by atoms with Crippen molar-refractivity contribution in [2.45, 2.75) is 20.3 Å². The van der Waals surface area contributed by atoms with Crippen LogP contribution in [0.5, 0.6) is 0 Å². The lowest BCUT2D eigenvalue weighted by Gasteiger charge is -2.18. The summed E-state index contributed by atoms with van der Waals surface area (Å²) in [5.41, 5.74) is 5.85. The normalized spacial score (nSPS) is 13.5. The summed E-state index contributed by atoms with van der Waals surface area (Å²) < 4.78 is 0. The van der Waals surface area contributed by atoms with Crippen LogP contribution in [0.3, 0.4) is 0 Å². The number of rotatable bonds is 5. The Hall–Kier alpha value is -1.50. The Bertz CT molecular complexity index is 460. The predicted octanol–water partition coefficient (Wildman–Crippen LogP) is 3.77. The van der Waals surface area contributed by atoms with Crippen LogP contribution in [0.2, 0.25) is 5.02 Å². The van der Waals surface area contributed by atoms with Gasteiger partial charge in [-0.05, 0) is 36.1 Å². The van der Waals surface area contributed by atoms with E-state index in [1.54, 1.807) is 7.11 Å². The Morgan fingerprint density at radius 3 is 2.56 bits per heavy atom. The first kappa shape index (κ1) is 14.6. The zero-order chi connectivity index (χ0) is 13.5. The molecule has 1 aromatic rings. The lowest BCUT2D eigenvalue weighted by molar-refractivity contribution is 0.118. The molecule has 4 heteroatoms. The Morgan fingerprint density at radius 2 is 2.06 bits per heavy atom. The van der Waals surface area contributed by atoms with Crippen LogP contribution >= 0.6 is 11.6 Å². The van der Waals surface area contributed by atoms with Gasteiger partial charge in [0, 0.05) is 17.1 Å². The van der Waals surface area contributed by atoms with E-state index in [0.717, 1.165) is 16.8 Å². The molecule has 18 heavy (non-hydrogen) atoms. The molecule has 0 saturated heterocycles. The van der Waals surface area contributed by atoms with Gasteiger partial charge in [0.15, 0.2) is 0 Å². The first-order valence-electron chi connectivity index (χ1n) is 5.72. The van der Waals surface area contributed by atoms with Crippen molar-refractivity contribution in [2.24, 2.45) is 5.92 Å². The molecule has 0 aromatic heterocycles. The summed E-state index contributed by atoms with van der Waals surface area (Å²) in [6, 6.07) is 9.79. The number of nitrogens with zero attached hydrogens (tertiary/aromatic N) is 1. The topological polar surface area (TPSA) is 45.0 Å². The molecular weight excluding hydrogens is 248 g/mol. The second-order valence-electron chi connectivity index (χ2n) is 4.12. The van der Waals surface area contributed by atoms with Gasteiger partial charge in [-0.25, -0.2) is 0 Å². The van der Waals surface area contributed by atoms with E-state index in [1.807, 2.05) is 38.1 Å². The number of allylic oxidation sites excluding steroid dienone is 2. The van der Waals surface area contributed by atoms with Crippen molar-refractivity contribution >= 4 is 17.2 Å². The standard InChI is InChI=1S/C14H17ClN2O/c1-10(8-9-16)14(11(2)17-18-3)12-4-6-13(15)7-5-12/h4-7,10,17H,8H2,1-3H3. The lowest BCUT2D eigenvalue weighted by atomic mass is 9.90. The number of nitrogens with one attached hydrogen (secondary N) is 1. The van der Waals surface area contributed by atoms with Gasteiger partial charge in [-0.1, -0.05) is 30.7 Å². The maximum Gasteiger partial charge on any atom is 0.0636 e. The molecule has 96 valence electrons. The molecule has 0 saturated carbocycles. The van der Waals surface area contributed by atoms with Crippen molar-refractivity contribution in [3.05, 3.63) is 40.5 Å². The van der Waals surface area contributed by atoms with Crippen LogP contribution in [-0.4, -0.2) is 7.11 Å². The van der Waals surface area contributed by atoms with Crippen molar-refractivity contribution in [2.75, 3.05) is 7.11 Å². The van der Waals surface area contributed by atoms with Crippen LogP contribution in [0.15, 0.2) is 30.0 Å². The van der Waals surface area contributed by atoms with Gasteiger partial charge in [0.2, 0.25) is 0 Å². The van der Waals surface area contributed by atoms with Crippen LogP contribution in [-0.2, 0) is 4.84 Å². The number of benzene rings is 1. The minimum atomic E-state index is 0.124. The molecule has 0 aliphatic heterocycles. The summed E-state index contributed by atoms with van der Waals surface area (Å²) >= 11 is 5.89. The lowest BCUT2D eigenvalue weighted by Crippen LogP contribution is -2.13. The number of hydrogen-bond acceptors (Lipinski definition) is 3. The SMILES string of the molecule is CONC(C)=C(c1ccc(Cl)cc1)C(C)CC#N.